The first-order valence-electron chi connectivity index (χ1n) is 8.37. The van der Waals surface area contributed by atoms with E-state index in [0.29, 0.717) is 17.1 Å². The van der Waals surface area contributed by atoms with Gasteiger partial charge in [0.25, 0.3) is 0 Å². The van der Waals surface area contributed by atoms with Crippen LogP contribution in [0, 0.1) is 0 Å². The standard InChI is InChI=1S/C19H17N3O7/c1-27-14-4-2-11(6-13(14)19(25)26)9-21-22-18(24)17(23)20-8-12-3-5-15-16(7-12)29-10-28-15/h2-7,9H,8,10H2,1H3,(H,20,23)(H,22,24)(H,25,26)/p-1/b21-9-. The number of aromatic carboxylic acids is 1. The SMILES string of the molecule is COc1ccc(/C=N\NC(=O)C(=O)NCc2ccc3c(c2)OCO3)cc1C(=O)[O-]. The Morgan fingerprint density at radius 2 is 1.93 bits per heavy atom. The summed E-state index contributed by atoms with van der Waals surface area (Å²) in [6.07, 6.45) is 1.19. The molecule has 10 heteroatoms. The van der Waals surface area contributed by atoms with Crippen LogP contribution in [0.15, 0.2) is 41.5 Å². The van der Waals surface area contributed by atoms with Gasteiger partial charge in [0.15, 0.2) is 11.5 Å². The van der Waals surface area contributed by atoms with Gasteiger partial charge in [-0.15, -0.1) is 0 Å². The second kappa shape index (κ2) is 8.74. The highest BCUT2D eigenvalue weighted by Crippen LogP contribution is 2.32. The van der Waals surface area contributed by atoms with Crippen molar-refractivity contribution in [1.82, 2.24) is 10.7 Å². The van der Waals surface area contributed by atoms with E-state index in [0.717, 1.165) is 5.56 Å². The van der Waals surface area contributed by atoms with Gasteiger partial charge in [0.2, 0.25) is 6.79 Å². The lowest BCUT2D eigenvalue weighted by molar-refractivity contribution is -0.255. The second-order valence-electron chi connectivity index (χ2n) is 5.82. The smallest absolute Gasteiger partial charge is 0.329 e. The van der Waals surface area contributed by atoms with E-state index < -0.39 is 17.8 Å². The highest BCUT2D eigenvalue weighted by Gasteiger charge is 2.15. The molecular formula is C19H16N3O7-. The molecule has 150 valence electrons. The number of amides is 2. The normalized spacial score (nSPS) is 11.9. The van der Waals surface area contributed by atoms with Gasteiger partial charge >= 0.3 is 11.8 Å². The number of carbonyl (C=O) groups is 3. The number of hydrazone groups is 1. The second-order valence-corrected chi connectivity index (χ2v) is 5.82. The van der Waals surface area contributed by atoms with Gasteiger partial charge in [0, 0.05) is 12.1 Å². The average Bonchev–Trinajstić information content (AvgIpc) is 3.19. The number of fused-ring (bicyclic) bond motifs is 1. The quantitative estimate of drug-likeness (QED) is 0.382. The molecule has 10 nitrogen and oxygen atoms in total. The van der Waals surface area contributed by atoms with E-state index >= 15 is 0 Å². The molecule has 0 saturated heterocycles. The summed E-state index contributed by atoms with van der Waals surface area (Å²) in [6, 6.07) is 9.38. The van der Waals surface area contributed by atoms with Gasteiger partial charge in [-0.05, 0) is 41.5 Å². The number of carboxylic acids is 1. The number of methoxy groups -OCH3 is 1. The Labute approximate surface area is 165 Å². The van der Waals surface area contributed by atoms with Crippen molar-refractivity contribution in [2.75, 3.05) is 13.9 Å². The van der Waals surface area contributed by atoms with Gasteiger partial charge in [0.1, 0.15) is 5.75 Å². The Hall–Kier alpha value is -4.08. The zero-order chi connectivity index (χ0) is 20.8. The van der Waals surface area contributed by atoms with E-state index in [2.05, 4.69) is 15.8 Å². The van der Waals surface area contributed by atoms with Crippen LogP contribution in [-0.2, 0) is 16.1 Å². The molecule has 0 aliphatic carbocycles. The van der Waals surface area contributed by atoms with Crippen molar-refractivity contribution in [2.24, 2.45) is 5.10 Å². The number of nitrogens with zero attached hydrogens (tertiary/aromatic N) is 1. The number of nitrogens with one attached hydrogen (secondary N) is 2. The van der Waals surface area contributed by atoms with E-state index in [1.807, 2.05) is 0 Å². The minimum Gasteiger partial charge on any atom is -0.545 e. The van der Waals surface area contributed by atoms with Crippen LogP contribution in [0.2, 0.25) is 0 Å². The van der Waals surface area contributed by atoms with Gasteiger partial charge < -0.3 is 29.4 Å². The minimum atomic E-state index is -1.41. The first kappa shape index (κ1) is 19.7. The van der Waals surface area contributed by atoms with E-state index in [1.54, 1.807) is 18.2 Å². The van der Waals surface area contributed by atoms with Crippen LogP contribution >= 0.6 is 0 Å². The van der Waals surface area contributed by atoms with Gasteiger partial charge in [0.05, 0.1) is 19.3 Å². The van der Waals surface area contributed by atoms with Crippen molar-refractivity contribution >= 4 is 24.0 Å². The Morgan fingerprint density at radius 1 is 1.14 bits per heavy atom. The number of carbonyl (C=O) groups excluding carboxylic acids is 3. The molecule has 2 aromatic rings. The van der Waals surface area contributed by atoms with E-state index in [9.17, 15) is 19.5 Å². The molecule has 0 radical (unpaired) electrons. The average molecular weight is 398 g/mol. The molecule has 1 aliphatic heterocycles. The van der Waals surface area contributed by atoms with Crippen molar-refractivity contribution in [3.8, 4) is 17.2 Å². The van der Waals surface area contributed by atoms with Crippen LogP contribution in [0.5, 0.6) is 17.2 Å². The minimum absolute atomic E-state index is 0.111. The molecule has 1 heterocycles. The summed E-state index contributed by atoms with van der Waals surface area (Å²) in [5, 5.41) is 17.2. The fourth-order valence-corrected chi connectivity index (χ4v) is 2.50. The maximum Gasteiger partial charge on any atom is 0.329 e. The highest BCUT2D eigenvalue weighted by atomic mass is 16.7. The number of ether oxygens (including phenoxy) is 3. The van der Waals surface area contributed by atoms with E-state index in [4.69, 9.17) is 14.2 Å². The summed E-state index contributed by atoms with van der Waals surface area (Å²) in [4.78, 5) is 34.8. The molecule has 1 aliphatic rings. The largest absolute Gasteiger partial charge is 0.545 e. The molecule has 2 N–H and O–H groups in total. The number of hydrogen-bond acceptors (Lipinski definition) is 8. The molecule has 3 rings (SSSR count). The fourth-order valence-electron chi connectivity index (χ4n) is 2.50. The summed E-state index contributed by atoms with van der Waals surface area (Å²) < 4.78 is 15.4. The summed E-state index contributed by atoms with van der Waals surface area (Å²) in [7, 11) is 1.33. The van der Waals surface area contributed by atoms with Gasteiger partial charge in [-0.1, -0.05) is 6.07 Å². The number of rotatable bonds is 6. The van der Waals surface area contributed by atoms with Crippen LogP contribution in [-0.4, -0.2) is 37.9 Å². The van der Waals surface area contributed by atoms with Crippen LogP contribution in [0.4, 0.5) is 0 Å². The summed E-state index contributed by atoms with van der Waals surface area (Å²) in [5.41, 5.74) is 3.00. The fraction of sp³-hybridized carbons (Fsp3) is 0.158. The lowest BCUT2D eigenvalue weighted by Crippen LogP contribution is -2.37. The first-order chi connectivity index (χ1) is 14.0. The molecule has 0 aromatic heterocycles. The third kappa shape index (κ3) is 4.80. The predicted molar refractivity (Wildman–Crippen MR) is 97.5 cm³/mol. The molecule has 0 unspecified atom stereocenters. The lowest BCUT2D eigenvalue weighted by atomic mass is 10.1. The van der Waals surface area contributed by atoms with E-state index in [-0.39, 0.29) is 24.7 Å². The van der Waals surface area contributed by atoms with Crippen molar-refractivity contribution in [1.29, 1.82) is 0 Å². The van der Waals surface area contributed by atoms with Crippen LogP contribution in [0.1, 0.15) is 21.5 Å². The van der Waals surface area contributed by atoms with Crippen molar-refractivity contribution in [3.05, 3.63) is 53.1 Å². The van der Waals surface area contributed by atoms with Gasteiger partial charge in [-0.2, -0.15) is 5.10 Å². The van der Waals surface area contributed by atoms with Crippen LogP contribution < -0.4 is 30.1 Å². The molecule has 2 aromatic carbocycles. The summed E-state index contributed by atoms with van der Waals surface area (Å²) >= 11 is 0. The number of carboxylic acid groups (broad SMARTS) is 1. The molecule has 0 fully saturated rings. The highest BCUT2D eigenvalue weighted by molar-refractivity contribution is 6.35. The van der Waals surface area contributed by atoms with E-state index in [1.165, 1.54) is 31.5 Å². The van der Waals surface area contributed by atoms with Gasteiger partial charge in [-0.3, -0.25) is 9.59 Å². The molecular weight excluding hydrogens is 382 g/mol. The molecule has 0 spiro atoms. The Bertz CT molecular complexity index is 988. The predicted octanol–water partition coefficient (Wildman–Crippen LogP) is -0.446. The monoisotopic (exact) mass is 398 g/mol. The van der Waals surface area contributed by atoms with Crippen LogP contribution in [0.25, 0.3) is 0 Å². The maximum absolute atomic E-state index is 11.9. The van der Waals surface area contributed by atoms with Gasteiger partial charge in [-0.25, -0.2) is 5.43 Å². The molecule has 0 bridgehead atoms. The lowest BCUT2D eigenvalue weighted by Gasteiger charge is -2.09. The zero-order valence-corrected chi connectivity index (χ0v) is 15.3. The molecule has 0 saturated carbocycles. The van der Waals surface area contributed by atoms with Crippen molar-refractivity contribution in [3.63, 3.8) is 0 Å². The first-order valence-corrected chi connectivity index (χ1v) is 8.37. The molecule has 2 amide bonds. The Morgan fingerprint density at radius 3 is 2.69 bits per heavy atom. The Kier molecular flexibility index (Phi) is 5.93. The summed E-state index contributed by atoms with van der Waals surface area (Å²) in [6.45, 7) is 0.254. The van der Waals surface area contributed by atoms with Crippen molar-refractivity contribution in [2.45, 2.75) is 6.54 Å². The molecule has 29 heavy (non-hydrogen) atoms. The summed E-state index contributed by atoms with van der Waals surface area (Å²) in [5.74, 6) is -1.95. The third-order valence-electron chi connectivity index (χ3n) is 3.92. The molecule has 0 atom stereocenters. The van der Waals surface area contributed by atoms with Crippen molar-refractivity contribution < 1.29 is 33.7 Å². The van der Waals surface area contributed by atoms with Crippen LogP contribution in [0.3, 0.4) is 0 Å². The number of benzene rings is 2. The topological polar surface area (TPSA) is 138 Å². The Balaban J connectivity index is 1.53. The zero-order valence-electron chi connectivity index (χ0n) is 15.3. The number of hydrogen-bond donors (Lipinski definition) is 2. The maximum atomic E-state index is 11.9. The third-order valence-corrected chi connectivity index (χ3v) is 3.92.